The third-order valence-electron chi connectivity index (χ3n) is 6.21. The molecule has 4 rings (SSSR count). The molecule has 1 atom stereocenters. The fourth-order valence-corrected chi connectivity index (χ4v) is 6.24. The molecule has 35 heavy (non-hydrogen) atoms. The highest BCUT2D eigenvalue weighted by Gasteiger charge is 2.33. The molecule has 184 valence electrons. The molecule has 6 nitrogen and oxygen atoms in total. The van der Waals surface area contributed by atoms with Gasteiger partial charge in [0.05, 0.1) is 10.6 Å². The summed E-state index contributed by atoms with van der Waals surface area (Å²) in [6, 6.07) is 8.13. The van der Waals surface area contributed by atoms with Gasteiger partial charge < -0.3 is 15.5 Å². The van der Waals surface area contributed by atoms with E-state index in [9.17, 15) is 9.59 Å². The first kappa shape index (κ1) is 25.7. The summed E-state index contributed by atoms with van der Waals surface area (Å²) in [5.74, 6) is -0.0928. The van der Waals surface area contributed by atoms with E-state index in [2.05, 4.69) is 31.4 Å². The number of nitrogens with one attached hydrogen (secondary N) is 2. The minimum atomic E-state index is -0.540. The average Bonchev–Trinajstić information content (AvgIpc) is 3.39. The van der Waals surface area contributed by atoms with Crippen molar-refractivity contribution in [2.75, 3.05) is 5.32 Å². The second kappa shape index (κ2) is 9.93. The monoisotopic (exact) mass is 549 g/mol. The van der Waals surface area contributed by atoms with E-state index in [-0.39, 0.29) is 16.3 Å². The van der Waals surface area contributed by atoms with Crippen LogP contribution in [0.5, 0.6) is 0 Å². The van der Waals surface area contributed by atoms with Crippen LogP contribution in [0.4, 0.5) is 5.00 Å². The highest BCUT2D eigenvalue weighted by atomic mass is 35.5. The van der Waals surface area contributed by atoms with Crippen molar-refractivity contribution in [2.45, 2.75) is 40.0 Å². The summed E-state index contributed by atoms with van der Waals surface area (Å²) >= 11 is 19.1. The minimum Gasteiger partial charge on any atom is -0.451 e. The van der Waals surface area contributed by atoms with Gasteiger partial charge in [0, 0.05) is 15.5 Å². The van der Waals surface area contributed by atoms with Crippen molar-refractivity contribution in [3.05, 3.63) is 62.1 Å². The number of hydrogen-bond acceptors (Lipinski definition) is 5. The molecule has 2 amide bonds. The molecule has 2 heterocycles. The zero-order valence-electron chi connectivity index (χ0n) is 19.5. The van der Waals surface area contributed by atoms with E-state index in [1.54, 1.807) is 24.3 Å². The van der Waals surface area contributed by atoms with Crippen LogP contribution in [0.2, 0.25) is 10.0 Å². The molecule has 10 heteroatoms. The SMILES string of the molecule is CC(C)(C)[C@H]1CCc2c(sc(NC(=S)NC(=O)c3ccc(-c4cc(Cl)ccc4Cl)o3)c2C(N)=O)C1. The number of amides is 2. The lowest BCUT2D eigenvalue weighted by molar-refractivity contribution is 0.0950. The Labute approximate surface area is 223 Å². The lowest BCUT2D eigenvalue weighted by atomic mass is 9.72. The maximum absolute atomic E-state index is 12.7. The van der Waals surface area contributed by atoms with E-state index in [0.717, 1.165) is 29.7 Å². The van der Waals surface area contributed by atoms with Gasteiger partial charge >= 0.3 is 0 Å². The zero-order valence-corrected chi connectivity index (χ0v) is 22.6. The molecule has 1 aliphatic carbocycles. The van der Waals surface area contributed by atoms with Gasteiger partial charge in [0.25, 0.3) is 11.8 Å². The highest BCUT2D eigenvalue weighted by Crippen LogP contribution is 2.44. The van der Waals surface area contributed by atoms with Crippen LogP contribution in [-0.2, 0) is 12.8 Å². The first-order valence-electron chi connectivity index (χ1n) is 11.1. The number of rotatable bonds is 4. The van der Waals surface area contributed by atoms with Crippen molar-refractivity contribution in [1.82, 2.24) is 5.32 Å². The van der Waals surface area contributed by atoms with Crippen molar-refractivity contribution in [2.24, 2.45) is 17.1 Å². The summed E-state index contributed by atoms with van der Waals surface area (Å²) in [4.78, 5) is 26.1. The van der Waals surface area contributed by atoms with E-state index in [1.807, 2.05) is 0 Å². The number of fused-ring (bicyclic) bond motifs is 1. The largest absolute Gasteiger partial charge is 0.451 e. The smallest absolute Gasteiger partial charge is 0.293 e. The maximum Gasteiger partial charge on any atom is 0.293 e. The Morgan fingerprint density at radius 3 is 2.63 bits per heavy atom. The Balaban J connectivity index is 1.49. The molecular weight excluding hydrogens is 525 g/mol. The standard InChI is InChI=1S/C25H25Cl2N3O3S2/c1-25(2,3)12-4-6-14-19(10-12)35-23(20(14)21(28)31)30-24(34)29-22(32)18-9-8-17(33-18)15-11-13(26)5-7-16(15)27/h5,7-9,11-12H,4,6,10H2,1-3H3,(H2,28,31)(H2,29,30,32,34)/t12-/m0/s1. The number of nitrogens with two attached hydrogens (primary N) is 1. The fourth-order valence-electron chi connectivity index (χ4n) is 4.26. The third-order valence-corrected chi connectivity index (χ3v) is 8.15. The molecule has 0 spiro atoms. The number of benzene rings is 1. The number of anilines is 1. The van der Waals surface area contributed by atoms with Gasteiger partial charge in [-0.2, -0.15) is 0 Å². The van der Waals surface area contributed by atoms with Crippen molar-refractivity contribution in [3.8, 4) is 11.3 Å². The van der Waals surface area contributed by atoms with Crippen LogP contribution in [0.15, 0.2) is 34.7 Å². The van der Waals surface area contributed by atoms with Crippen molar-refractivity contribution in [3.63, 3.8) is 0 Å². The Morgan fingerprint density at radius 1 is 1.20 bits per heavy atom. The average molecular weight is 551 g/mol. The van der Waals surface area contributed by atoms with Crippen LogP contribution < -0.4 is 16.4 Å². The predicted molar refractivity (Wildman–Crippen MR) is 146 cm³/mol. The number of primary amides is 1. The van der Waals surface area contributed by atoms with Crippen molar-refractivity contribution < 1.29 is 14.0 Å². The molecule has 0 radical (unpaired) electrons. The molecule has 0 bridgehead atoms. The molecule has 4 N–H and O–H groups in total. The van der Waals surface area contributed by atoms with Crippen LogP contribution in [0, 0.1) is 11.3 Å². The number of thiocarbonyl (C=S) groups is 1. The summed E-state index contributed by atoms with van der Waals surface area (Å²) in [5.41, 5.74) is 7.88. The Bertz CT molecular complexity index is 1320. The maximum atomic E-state index is 12.7. The fraction of sp³-hybridized carbons (Fsp3) is 0.320. The molecule has 1 aliphatic rings. The van der Waals surface area contributed by atoms with Gasteiger partial charge in [-0.3, -0.25) is 14.9 Å². The quantitative estimate of drug-likeness (QED) is 0.315. The Kier molecular flexibility index (Phi) is 7.29. The van der Waals surface area contributed by atoms with Crippen LogP contribution in [0.3, 0.4) is 0 Å². The molecule has 3 aromatic rings. The van der Waals surface area contributed by atoms with Gasteiger partial charge in [-0.05, 0) is 78.7 Å². The number of carbonyl (C=O) groups excluding carboxylic acids is 2. The van der Waals surface area contributed by atoms with Crippen LogP contribution >= 0.6 is 46.8 Å². The third kappa shape index (κ3) is 5.56. The van der Waals surface area contributed by atoms with Gasteiger partial charge in [0.1, 0.15) is 10.8 Å². The normalized spacial score (nSPS) is 15.4. The summed E-state index contributed by atoms with van der Waals surface area (Å²) < 4.78 is 5.68. The topological polar surface area (TPSA) is 97.4 Å². The van der Waals surface area contributed by atoms with E-state index in [0.29, 0.717) is 37.9 Å². The van der Waals surface area contributed by atoms with Gasteiger partial charge in [0.2, 0.25) is 0 Å². The highest BCUT2D eigenvalue weighted by molar-refractivity contribution is 7.80. The van der Waals surface area contributed by atoms with Crippen LogP contribution in [0.1, 0.15) is 58.5 Å². The number of halogens is 2. The Morgan fingerprint density at radius 2 is 1.94 bits per heavy atom. The molecule has 2 aromatic heterocycles. The summed E-state index contributed by atoms with van der Waals surface area (Å²) in [6.45, 7) is 6.69. The van der Waals surface area contributed by atoms with Gasteiger partial charge in [-0.25, -0.2) is 0 Å². The lowest BCUT2D eigenvalue weighted by Gasteiger charge is -2.33. The first-order chi connectivity index (χ1) is 16.4. The van der Waals surface area contributed by atoms with Crippen molar-refractivity contribution in [1.29, 1.82) is 0 Å². The summed E-state index contributed by atoms with van der Waals surface area (Å²) in [5, 5.41) is 7.13. The predicted octanol–water partition coefficient (Wildman–Crippen LogP) is 6.69. The number of furan rings is 1. The van der Waals surface area contributed by atoms with Crippen LogP contribution in [-0.4, -0.2) is 16.9 Å². The molecule has 0 saturated heterocycles. The van der Waals surface area contributed by atoms with Gasteiger partial charge in [-0.1, -0.05) is 44.0 Å². The van der Waals surface area contributed by atoms with E-state index in [4.69, 9.17) is 45.6 Å². The second-order valence-corrected chi connectivity index (χ2v) is 11.9. The number of thiophene rings is 1. The van der Waals surface area contributed by atoms with Crippen molar-refractivity contribution >= 4 is 68.7 Å². The molecule has 0 unspecified atom stereocenters. The van der Waals surface area contributed by atoms with Gasteiger partial charge in [0.15, 0.2) is 10.9 Å². The molecule has 0 aliphatic heterocycles. The van der Waals surface area contributed by atoms with Crippen LogP contribution in [0.25, 0.3) is 11.3 Å². The molecule has 1 aromatic carbocycles. The second-order valence-electron chi connectivity index (χ2n) is 9.57. The zero-order chi connectivity index (χ0) is 25.5. The minimum absolute atomic E-state index is 0.0437. The summed E-state index contributed by atoms with van der Waals surface area (Å²) in [7, 11) is 0. The number of carbonyl (C=O) groups is 2. The molecule has 0 saturated carbocycles. The Hall–Kier alpha value is -2.39. The molecule has 0 fully saturated rings. The lowest BCUT2D eigenvalue weighted by Crippen LogP contribution is -2.34. The summed E-state index contributed by atoms with van der Waals surface area (Å²) in [6.07, 6.45) is 2.66. The van der Waals surface area contributed by atoms with Gasteiger partial charge in [-0.15, -0.1) is 11.3 Å². The van der Waals surface area contributed by atoms with E-state index < -0.39 is 11.8 Å². The first-order valence-corrected chi connectivity index (χ1v) is 13.0. The molecular formula is C25H25Cl2N3O3S2. The van der Waals surface area contributed by atoms with E-state index in [1.165, 1.54) is 17.4 Å². The van der Waals surface area contributed by atoms with E-state index >= 15 is 0 Å². The number of hydrogen-bond donors (Lipinski definition) is 3.